The van der Waals surface area contributed by atoms with Crippen LogP contribution in [0.4, 0.5) is 0 Å². The van der Waals surface area contributed by atoms with Gasteiger partial charge in [-0.1, -0.05) is 0 Å². The summed E-state index contributed by atoms with van der Waals surface area (Å²) in [6, 6.07) is 2.30. The van der Waals surface area contributed by atoms with Crippen molar-refractivity contribution in [3.63, 3.8) is 0 Å². The molecule has 0 atom stereocenters. The Hall–Kier alpha value is 0.420. The van der Waals surface area contributed by atoms with Gasteiger partial charge in [0.15, 0.2) is 0 Å². The van der Waals surface area contributed by atoms with E-state index >= 15 is 0 Å². The Morgan fingerprint density at radius 1 is 1.50 bits per heavy atom. The van der Waals surface area contributed by atoms with E-state index in [-0.39, 0.29) is 5.91 Å². The van der Waals surface area contributed by atoms with Crippen LogP contribution in [0, 0.1) is 0 Å². The zero-order valence-corrected chi connectivity index (χ0v) is 14.5. The molecule has 1 amide bonds. The number of nitrogens with zero attached hydrogens (tertiary/aromatic N) is 1. The number of amides is 1. The zero-order chi connectivity index (χ0) is 13.1. The molecule has 6 heteroatoms. The second kappa shape index (κ2) is 6.73. The molecule has 1 heterocycles. The fourth-order valence-corrected chi connectivity index (χ4v) is 4.92. The molecule has 18 heavy (non-hydrogen) atoms. The molecule has 1 saturated carbocycles. The van der Waals surface area contributed by atoms with E-state index in [2.05, 4.69) is 31.9 Å². The number of halogens is 3. The highest BCUT2D eigenvalue weighted by Gasteiger charge is 2.30. The van der Waals surface area contributed by atoms with Crippen LogP contribution in [-0.4, -0.2) is 29.3 Å². The predicted molar refractivity (Wildman–Crippen MR) is 83.7 cm³/mol. The Kier molecular flexibility index (Phi) is 5.54. The molecule has 2 nitrogen and oxygen atoms in total. The summed E-state index contributed by atoms with van der Waals surface area (Å²) in [5.74, 6) is 0.726. The van der Waals surface area contributed by atoms with Gasteiger partial charge in [-0.05, 0) is 63.6 Å². The molecule has 1 aliphatic carbocycles. The maximum absolute atomic E-state index is 12.6. The minimum atomic E-state index is 0.124. The summed E-state index contributed by atoms with van der Waals surface area (Å²) in [6.07, 6.45) is 4.32. The minimum absolute atomic E-state index is 0.124. The van der Waals surface area contributed by atoms with Crippen LogP contribution >= 0.6 is 54.8 Å². The standard InChI is InChI=1S/C12H14Br2ClNOS/c13-10-7-9(11(14)18-10)12(17)16(6-2-5-15)8-3-1-4-8/h7-8H,1-6H2. The zero-order valence-electron chi connectivity index (χ0n) is 9.79. The van der Waals surface area contributed by atoms with Gasteiger partial charge in [0.05, 0.1) is 13.1 Å². The van der Waals surface area contributed by atoms with Gasteiger partial charge >= 0.3 is 0 Å². The Morgan fingerprint density at radius 3 is 2.67 bits per heavy atom. The van der Waals surface area contributed by atoms with Crippen molar-refractivity contribution < 1.29 is 4.79 Å². The van der Waals surface area contributed by atoms with Crippen LogP contribution in [0.25, 0.3) is 0 Å². The first-order valence-corrected chi connectivity index (χ1v) is 8.89. The van der Waals surface area contributed by atoms with Crippen molar-refractivity contribution in [2.75, 3.05) is 12.4 Å². The summed E-state index contributed by atoms with van der Waals surface area (Å²) in [6.45, 7) is 0.757. The number of hydrogen-bond donors (Lipinski definition) is 0. The quantitative estimate of drug-likeness (QED) is 0.627. The number of carbonyl (C=O) groups excluding carboxylic acids is 1. The summed E-state index contributed by atoms with van der Waals surface area (Å²) in [5, 5.41) is 0. The lowest BCUT2D eigenvalue weighted by Crippen LogP contribution is -2.44. The number of alkyl halides is 1. The molecule has 1 aliphatic rings. The van der Waals surface area contributed by atoms with Crippen molar-refractivity contribution in [3.05, 3.63) is 19.2 Å². The van der Waals surface area contributed by atoms with Crippen molar-refractivity contribution in [1.29, 1.82) is 0 Å². The number of carbonyl (C=O) groups is 1. The van der Waals surface area contributed by atoms with Gasteiger partial charge in [0.1, 0.15) is 0 Å². The summed E-state index contributed by atoms with van der Waals surface area (Å²) in [4.78, 5) is 14.5. The number of rotatable bonds is 5. The molecule has 2 rings (SSSR count). The molecule has 100 valence electrons. The van der Waals surface area contributed by atoms with Crippen LogP contribution in [0.3, 0.4) is 0 Å². The first-order chi connectivity index (χ1) is 8.63. The Morgan fingerprint density at radius 2 is 2.22 bits per heavy atom. The fraction of sp³-hybridized carbons (Fsp3) is 0.583. The molecule has 0 N–H and O–H groups in total. The second-order valence-corrected chi connectivity index (χ2v) is 8.49. The van der Waals surface area contributed by atoms with E-state index in [1.165, 1.54) is 17.8 Å². The number of hydrogen-bond acceptors (Lipinski definition) is 2. The van der Waals surface area contributed by atoms with E-state index in [0.717, 1.165) is 38.9 Å². The summed E-state index contributed by atoms with van der Waals surface area (Å²) >= 11 is 14.2. The second-order valence-electron chi connectivity index (χ2n) is 4.36. The van der Waals surface area contributed by atoms with Crippen LogP contribution in [0.15, 0.2) is 13.6 Å². The Balaban J connectivity index is 2.13. The van der Waals surface area contributed by atoms with Gasteiger partial charge in [-0.15, -0.1) is 22.9 Å². The molecular weight excluding hydrogens is 401 g/mol. The van der Waals surface area contributed by atoms with Crippen LogP contribution in [-0.2, 0) is 0 Å². The van der Waals surface area contributed by atoms with Gasteiger partial charge in [-0.25, -0.2) is 0 Å². The van der Waals surface area contributed by atoms with Gasteiger partial charge in [0.2, 0.25) is 0 Å². The van der Waals surface area contributed by atoms with Crippen molar-refractivity contribution in [3.8, 4) is 0 Å². The van der Waals surface area contributed by atoms with E-state index in [4.69, 9.17) is 11.6 Å². The molecule has 0 saturated heterocycles. The van der Waals surface area contributed by atoms with Gasteiger partial charge in [-0.3, -0.25) is 4.79 Å². The molecule has 0 aromatic carbocycles. The third-order valence-corrected chi connectivity index (χ3v) is 5.80. The van der Waals surface area contributed by atoms with Crippen molar-refractivity contribution in [2.24, 2.45) is 0 Å². The van der Waals surface area contributed by atoms with Crippen molar-refractivity contribution in [2.45, 2.75) is 31.7 Å². The average Bonchev–Trinajstić information content (AvgIpc) is 2.60. The van der Waals surface area contributed by atoms with Gasteiger partial charge < -0.3 is 4.90 Å². The van der Waals surface area contributed by atoms with Crippen LogP contribution in [0.5, 0.6) is 0 Å². The minimum Gasteiger partial charge on any atom is -0.336 e. The fourth-order valence-electron chi connectivity index (χ4n) is 2.02. The smallest absolute Gasteiger partial charge is 0.256 e. The van der Waals surface area contributed by atoms with Gasteiger partial charge in [-0.2, -0.15) is 0 Å². The van der Waals surface area contributed by atoms with E-state index in [1.54, 1.807) is 0 Å². The van der Waals surface area contributed by atoms with E-state index in [0.29, 0.717) is 11.9 Å². The highest BCUT2D eigenvalue weighted by Crippen LogP contribution is 2.34. The van der Waals surface area contributed by atoms with Crippen LogP contribution in [0.1, 0.15) is 36.0 Å². The maximum atomic E-state index is 12.6. The molecule has 0 aliphatic heterocycles. The Labute approximate surface area is 133 Å². The first-order valence-electron chi connectivity index (χ1n) is 5.95. The van der Waals surface area contributed by atoms with Crippen molar-refractivity contribution in [1.82, 2.24) is 4.90 Å². The van der Waals surface area contributed by atoms with E-state index < -0.39 is 0 Å². The average molecular weight is 416 g/mol. The highest BCUT2D eigenvalue weighted by atomic mass is 79.9. The molecule has 1 aromatic heterocycles. The topological polar surface area (TPSA) is 20.3 Å². The van der Waals surface area contributed by atoms with Gasteiger partial charge in [0.25, 0.3) is 5.91 Å². The third kappa shape index (κ3) is 3.30. The van der Waals surface area contributed by atoms with Crippen molar-refractivity contribution >= 4 is 60.7 Å². The van der Waals surface area contributed by atoms with Gasteiger partial charge in [0, 0.05) is 18.5 Å². The Bertz CT molecular complexity index is 434. The first kappa shape index (κ1) is 14.8. The molecule has 0 radical (unpaired) electrons. The maximum Gasteiger partial charge on any atom is 0.256 e. The lowest BCUT2D eigenvalue weighted by atomic mass is 9.91. The largest absolute Gasteiger partial charge is 0.336 e. The van der Waals surface area contributed by atoms with Crippen LogP contribution in [0.2, 0.25) is 0 Å². The lowest BCUT2D eigenvalue weighted by Gasteiger charge is -2.37. The monoisotopic (exact) mass is 413 g/mol. The summed E-state index contributed by atoms with van der Waals surface area (Å²) in [7, 11) is 0. The van der Waals surface area contributed by atoms with E-state index in [1.807, 2.05) is 11.0 Å². The van der Waals surface area contributed by atoms with E-state index in [9.17, 15) is 4.79 Å². The molecular formula is C12H14Br2ClNOS. The lowest BCUT2D eigenvalue weighted by molar-refractivity contribution is 0.0580. The molecule has 0 spiro atoms. The highest BCUT2D eigenvalue weighted by molar-refractivity contribution is 9.12. The molecule has 0 unspecified atom stereocenters. The SMILES string of the molecule is O=C(c1cc(Br)sc1Br)N(CCCCl)C1CCC1. The molecule has 1 fully saturated rings. The summed E-state index contributed by atoms with van der Waals surface area (Å²) in [5.41, 5.74) is 0.758. The number of thiophene rings is 1. The predicted octanol–water partition coefficient (Wildman–Crippen LogP) is 4.90. The third-order valence-electron chi connectivity index (χ3n) is 3.20. The normalized spacial score (nSPS) is 15.5. The summed E-state index contributed by atoms with van der Waals surface area (Å²) < 4.78 is 1.87. The molecule has 0 bridgehead atoms. The van der Waals surface area contributed by atoms with Crippen LogP contribution < -0.4 is 0 Å². The molecule has 1 aromatic rings.